The average molecular weight is 280 g/mol. The van der Waals surface area contributed by atoms with E-state index >= 15 is 0 Å². The van der Waals surface area contributed by atoms with E-state index in [1.54, 1.807) is 25.2 Å². The number of nitrogens with zero attached hydrogens (tertiary/aromatic N) is 2. The van der Waals surface area contributed by atoms with Crippen LogP contribution in [0, 0.1) is 6.92 Å². The number of aryl methyl sites for hydroxylation is 1. The van der Waals surface area contributed by atoms with Crippen LogP contribution in [0.1, 0.15) is 16.2 Å². The predicted octanol–water partition coefficient (Wildman–Crippen LogP) is 1.94. The maximum atomic E-state index is 11.5. The molecule has 3 N–H and O–H groups in total. The minimum atomic E-state index is -0.134. The molecule has 0 spiro atoms. The molecule has 94 valence electrons. The van der Waals surface area contributed by atoms with Crippen molar-refractivity contribution >= 4 is 34.9 Å². The number of hydrogen-bond acceptors (Lipinski definition) is 6. The van der Waals surface area contributed by atoms with Crippen LogP contribution in [0.25, 0.3) is 0 Å². The Morgan fingerprint density at radius 1 is 1.50 bits per heavy atom. The highest BCUT2D eigenvalue weighted by atomic mass is 32.2. The lowest BCUT2D eigenvalue weighted by Gasteiger charge is -2.05. The highest BCUT2D eigenvalue weighted by Crippen LogP contribution is 2.33. The number of rotatable bonds is 3. The first-order valence-corrected chi connectivity index (χ1v) is 6.79. The fraction of sp³-hybridized carbons (Fsp3) is 0.182. The van der Waals surface area contributed by atoms with Crippen molar-refractivity contribution in [2.75, 3.05) is 12.8 Å². The Hall–Kier alpha value is -1.60. The molecule has 0 unspecified atom stereocenters. The largest absolute Gasteiger partial charge is 0.398 e. The van der Waals surface area contributed by atoms with Crippen LogP contribution in [-0.4, -0.2) is 22.3 Å². The van der Waals surface area contributed by atoms with Crippen LogP contribution in [-0.2, 0) is 0 Å². The van der Waals surface area contributed by atoms with Gasteiger partial charge in [0.05, 0.1) is 0 Å². The number of anilines is 1. The molecule has 0 bridgehead atoms. The van der Waals surface area contributed by atoms with Gasteiger partial charge in [-0.25, -0.2) is 4.98 Å². The van der Waals surface area contributed by atoms with Crippen LogP contribution in [0.15, 0.2) is 27.4 Å². The Morgan fingerprint density at radius 2 is 2.28 bits per heavy atom. The third kappa shape index (κ3) is 2.80. The predicted molar refractivity (Wildman–Crippen MR) is 73.0 cm³/mol. The second kappa shape index (κ2) is 5.36. The molecule has 0 radical (unpaired) electrons. The van der Waals surface area contributed by atoms with Crippen molar-refractivity contribution in [3.8, 4) is 0 Å². The van der Waals surface area contributed by atoms with Gasteiger partial charge in [-0.2, -0.15) is 4.37 Å². The van der Waals surface area contributed by atoms with Gasteiger partial charge in [-0.3, -0.25) is 4.79 Å². The van der Waals surface area contributed by atoms with Gasteiger partial charge in [-0.05, 0) is 36.7 Å². The van der Waals surface area contributed by atoms with E-state index in [0.717, 1.165) is 15.1 Å². The molecule has 2 aromatic rings. The number of nitrogen functional groups attached to an aromatic ring is 1. The highest BCUT2D eigenvalue weighted by molar-refractivity contribution is 8.01. The Morgan fingerprint density at radius 3 is 2.89 bits per heavy atom. The van der Waals surface area contributed by atoms with Crippen molar-refractivity contribution in [2.24, 2.45) is 0 Å². The van der Waals surface area contributed by atoms with E-state index in [4.69, 9.17) is 5.73 Å². The molecule has 7 heteroatoms. The summed E-state index contributed by atoms with van der Waals surface area (Å²) in [5, 5.41) is 2.58. The number of benzene rings is 1. The summed E-state index contributed by atoms with van der Waals surface area (Å²) in [7, 11) is 1.60. The maximum Gasteiger partial charge on any atom is 0.251 e. The molecule has 1 heterocycles. The number of amides is 1. The van der Waals surface area contributed by atoms with Crippen LogP contribution in [0.2, 0.25) is 0 Å². The van der Waals surface area contributed by atoms with E-state index in [2.05, 4.69) is 14.7 Å². The number of hydrogen-bond donors (Lipinski definition) is 2. The number of nitrogens with two attached hydrogens (primary N) is 1. The molecule has 0 atom stereocenters. The fourth-order valence-corrected chi connectivity index (χ4v) is 3.01. The third-order valence-corrected chi connectivity index (χ3v) is 4.12. The molecule has 0 fully saturated rings. The van der Waals surface area contributed by atoms with Gasteiger partial charge in [-0.15, -0.1) is 0 Å². The summed E-state index contributed by atoms with van der Waals surface area (Å²) in [4.78, 5) is 16.6. The number of aromatic nitrogens is 2. The quantitative estimate of drug-likeness (QED) is 0.840. The highest BCUT2D eigenvalue weighted by Gasteiger charge is 2.10. The summed E-state index contributed by atoms with van der Waals surface area (Å²) >= 11 is 2.74. The molecule has 0 aliphatic rings. The molecule has 18 heavy (non-hydrogen) atoms. The fourth-order valence-electron chi connectivity index (χ4n) is 1.32. The molecular weight excluding hydrogens is 268 g/mol. The first-order chi connectivity index (χ1) is 8.60. The molecule has 1 aromatic carbocycles. The van der Waals surface area contributed by atoms with Gasteiger partial charge in [0.2, 0.25) is 0 Å². The van der Waals surface area contributed by atoms with Crippen molar-refractivity contribution in [3.05, 3.63) is 29.6 Å². The van der Waals surface area contributed by atoms with Gasteiger partial charge >= 0.3 is 0 Å². The molecule has 0 aliphatic heterocycles. The van der Waals surface area contributed by atoms with Crippen LogP contribution in [0.5, 0.6) is 0 Å². The molecule has 5 nitrogen and oxygen atoms in total. The van der Waals surface area contributed by atoms with E-state index in [1.165, 1.54) is 23.3 Å². The Balaban J connectivity index is 2.29. The van der Waals surface area contributed by atoms with E-state index in [-0.39, 0.29) is 5.91 Å². The van der Waals surface area contributed by atoms with Crippen molar-refractivity contribution in [1.29, 1.82) is 0 Å². The molecule has 1 amide bonds. The van der Waals surface area contributed by atoms with Crippen molar-refractivity contribution < 1.29 is 4.79 Å². The normalized spacial score (nSPS) is 10.3. The second-order valence-corrected chi connectivity index (χ2v) is 5.58. The van der Waals surface area contributed by atoms with Crippen LogP contribution < -0.4 is 11.1 Å². The lowest BCUT2D eigenvalue weighted by Crippen LogP contribution is -2.17. The molecule has 2 rings (SSSR count). The van der Waals surface area contributed by atoms with Gasteiger partial charge in [0, 0.05) is 23.2 Å². The first kappa shape index (κ1) is 12.8. The van der Waals surface area contributed by atoms with Crippen molar-refractivity contribution in [2.45, 2.75) is 16.2 Å². The summed E-state index contributed by atoms with van der Waals surface area (Å²) < 4.78 is 4.92. The second-order valence-electron chi connectivity index (χ2n) is 3.54. The van der Waals surface area contributed by atoms with Gasteiger partial charge < -0.3 is 11.1 Å². The molecule has 0 aliphatic carbocycles. The van der Waals surface area contributed by atoms with Gasteiger partial charge in [0.1, 0.15) is 5.82 Å². The minimum Gasteiger partial charge on any atom is -0.398 e. The standard InChI is InChI=1S/C11H12N4OS2/c1-6-14-11(18-15-6)17-9-5-7(10(16)13-2)3-4-8(9)12/h3-5H,12H2,1-2H3,(H,13,16). The van der Waals surface area contributed by atoms with Gasteiger partial charge in [0.15, 0.2) is 4.34 Å². The topological polar surface area (TPSA) is 80.9 Å². The summed E-state index contributed by atoms with van der Waals surface area (Å²) in [5.41, 5.74) is 7.09. The minimum absolute atomic E-state index is 0.134. The molecule has 0 saturated heterocycles. The summed E-state index contributed by atoms with van der Waals surface area (Å²) in [6.07, 6.45) is 0. The summed E-state index contributed by atoms with van der Waals surface area (Å²) in [5.74, 6) is 0.605. The molecular formula is C11H12N4OS2. The van der Waals surface area contributed by atoms with Crippen molar-refractivity contribution in [1.82, 2.24) is 14.7 Å². The summed E-state index contributed by atoms with van der Waals surface area (Å²) in [6, 6.07) is 5.18. The Kier molecular flexibility index (Phi) is 3.83. The zero-order valence-corrected chi connectivity index (χ0v) is 11.6. The zero-order valence-electron chi connectivity index (χ0n) is 9.93. The van der Waals surface area contributed by atoms with E-state index in [0.29, 0.717) is 11.3 Å². The monoisotopic (exact) mass is 280 g/mol. The smallest absolute Gasteiger partial charge is 0.251 e. The van der Waals surface area contributed by atoms with Crippen LogP contribution in [0.3, 0.4) is 0 Å². The summed E-state index contributed by atoms with van der Waals surface area (Å²) in [6.45, 7) is 1.84. The third-order valence-electron chi connectivity index (χ3n) is 2.21. The lowest BCUT2D eigenvalue weighted by atomic mass is 10.2. The maximum absolute atomic E-state index is 11.5. The van der Waals surface area contributed by atoms with Crippen molar-refractivity contribution in [3.63, 3.8) is 0 Å². The Bertz CT molecular complexity index is 582. The number of carbonyl (C=O) groups excluding carboxylic acids is 1. The molecule has 0 saturated carbocycles. The Labute approximate surface area is 113 Å². The van der Waals surface area contributed by atoms with Gasteiger partial charge in [-0.1, -0.05) is 11.8 Å². The van der Waals surface area contributed by atoms with Crippen LogP contribution >= 0.6 is 23.3 Å². The lowest BCUT2D eigenvalue weighted by molar-refractivity contribution is 0.0963. The van der Waals surface area contributed by atoms with Crippen LogP contribution in [0.4, 0.5) is 5.69 Å². The first-order valence-electron chi connectivity index (χ1n) is 5.20. The zero-order chi connectivity index (χ0) is 13.1. The molecule has 1 aromatic heterocycles. The van der Waals surface area contributed by atoms with E-state index in [9.17, 15) is 4.79 Å². The number of carbonyl (C=O) groups is 1. The van der Waals surface area contributed by atoms with E-state index in [1.807, 2.05) is 6.92 Å². The van der Waals surface area contributed by atoms with Gasteiger partial charge in [0.25, 0.3) is 5.91 Å². The SMILES string of the molecule is CNC(=O)c1ccc(N)c(Sc2nc(C)ns2)c1. The average Bonchev–Trinajstić information content (AvgIpc) is 2.76. The number of nitrogens with one attached hydrogen (secondary N) is 1. The van der Waals surface area contributed by atoms with E-state index < -0.39 is 0 Å².